The van der Waals surface area contributed by atoms with Crippen LogP contribution in [0.15, 0.2) is 60.7 Å². The van der Waals surface area contributed by atoms with Gasteiger partial charge in [0.25, 0.3) is 0 Å². The van der Waals surface area contributed by atoms with E-state index in [2.05, 4.69) is 16.0 Å². The van der Waals surface area contributed by atoms with Gasteiger partial charge in [-0.05, 0) is 37.8 Å². The summed E-state index contributed by atoms with van der Waals surface area (Å²) >= 11 is 0. The predicted octanol–water partition coefficient (Wildman–Crippen LogP) is 3.14. The maximum Gasteiger partial charge on any atom is 0.408 e. The number of benzene rings is 2. The number of alkyl carbamates (subject to hydrolysis) is 1. The molecule has 0 fully saturated rings. The Bertz CT molecular complexity index is 1100. The summed E-state index contributed by atoms with van der Waals surface area (Å²) in [6, 6.07) is 15.5. The minimum absolute atomic E-state index is 0.162. The van der Waals surface area contributed by atoms with E-state index in [0.717, 1.165) is 11.1 Å². The maximum absolute atomic E-state index is 13.3. The molecule has 10 nitrogen and oxygen atoms in total. The van der Waals surface area contributed by atoms with Crippen molar-refractivity contribution in [2.45, 2.75) is 71.4 Å². The Morgan fingerprint density at radius 1 is 0.775 bits per heavy atom. The van der Waals surface area contributed by atoms with E-state index < -0.39 is 47.6 Å². The number of hydrogen-bond acceptors (Lipinski definition) is 7. The minimum atomic E-state index is -1.15. The largest absolute Gasteiger partial charge is 0.467 e. The second-order valence-electron chi connectivity index (χ2n) is 10.7. The number of amides is 3. The normalized spacial score (nSPS) is 13.5. The van der Waals surface area contributed by atoms with Crippen molar-refractivity contribution in [3.8, 4) is 0 Å². The maximum atomic E-state index is 13.3. The third-order valence-corrected chi connectivity index (χ3v) is 5.74. The molecule has 0 bridgehead atoms. The monoisotopic (exact) mass is 555 g/mol. The summed E-state index contributed by atoms with van der Waals surface area (Å²) in [4.78, 5) is 51.6. The van der Waals surface area contributed by atoms with Gasteiger partial charge in [-0.15, -0.1) is 0 Å². The Kier molecular flexibility index (Phi) is 12.6. The lowest BCUT2D eigenvalue weighted by Crippen LogP contribution is -2.58. The molecule has 3 N–H and O–H groups in total. The van der Waals surface area contributed by atoms with E-state index in [1.54, 1.807) is 34.6 Å². The van der Waals surface area contributed by atoms with Gasteiger partial charge in [0.2, 0.25) is 11.8 Å². The van der Waals surface area contributed by atoms with Crippen LogP contribution in [0.2, 0.25) is 0 Å². The Morgan fingerprint density at radius 2 is 1.35 bits per heavy atom. The topological polar surface area (TPSA) is 132 Å². The van der Waals surface area contributed by atoms with Crippen LogP contribution in [-0.4, -0.2) is 61.3 Å². The molecule has 2 aromatic carbocycles. The van der Waals surface area contributed by atoms with Gasteiger partial charge < -0.3 is 30.2 Å². The Morgan fingerprint density at radius 3 is 1.88 bits per heavy atom. The summed E-state index contributed by atoms with van der Waals surface area (Å²) in [5.74, 6) is -2.14. The van der Waals surface area contributed by atoms with Crippen molar-refractivity contribution in [1.82, 2.24) is 16.0 Å². The molecule has 0 radical (unpaired) electrons. The van der Waals surface area contributed by atoms with E-state index >= 15 is 0 Å². The number of ether oxygens (including phenoxy) is 3. The van der Waals surface area contributed by atoms with Gasteiger partial charge in [-0.25, -0.2) is 9.59 Å². The predicted molar refractivity (Wildman–Crippen MR) is 150 cm³/mol. The molecule has 2 aromatic rings. The summed E-state index contributed by atoms with van der Waals surface area (Å²) in [5.41, 5.74) is 0.948. The SMILES string of the molecule is COC(=O)[C@H](Cc1ccccc1)NC(=O)[C@@H](NC(=O)[C@@H](COCc1ccccc1)NC(=O)OC(C)(C)C)C(C)C. The van der Waals surface area contributed by atoms with Crippen LogP contribution in [0.25, 0.3) is 0 Å². The molecular formula is C30H41N3O7. The number of carbonyl (C=O) groups excluding carboxylic acids is 4. The Labute approximate surface area is 236 Å². The average Bonchev–Trinajstić information content (AvgIpc) is 2.90. The van der Waals surface area contributed by atoms with Crippen LogP contribution in [0.3, 0.4) is 0 Å². The lowest BCUT2D eigenvalue weighted by molar-refractivity contribution is -0.145. The zero-order valence-corrected chi connectivity index (χ0v) is 24.1. The molecule has 0 unspecified atom stereocenters. The standard InChI is InChI=1S/C30H41N3O7/c1-20(2)25(27(35)31-23(28(36)38-6)17-21-13-9-7-10-14-21)33-26(34)24(32-29(37)40-30(3,4)5)19-39-18-22-15-11-8-12-16-22/h7-16,20,23-25H,17-19H2,1-6H3,(H,31,35)(H,32,37)(H,33,34)/t23-,24+,25-/m0/s1. The van der Waals surface area contributed by atoms with Crippen LogP contribution in [0, 0.1) is 5.92 Å². The van der Waals surface area contributed by atoms with Crippen LogP contribution in [0.5, 0.6) is 0 Å². The zero-order valence-electron chi connectivity index (χ0n) is 24.1. The third-order valence-electron chi connectivity index (χ3n) is 5.74. The molecule has 3 atom stereocenters. The summed E-state index contributed by atoms with van der Waals surface area (Å²) in [6.07, 6.45) is -0.580. The van der Waals surface area contributed by atoms with Crippen molar-refractivity contribution in [2.24, 2.45) is 5.92 Å². The van der Waals surface area contributed by atoms with Crippen LogP contribution < -0.4 is 16.0 Å². The van der Waals surface area contributed by atoms with E-state index in [-0.39, 0.29) is 25.6 Å². The molecule has 218 valence electrons. The number of methoxy groups -OCH3 is 1. The second kappa shape index (κ2) is 15.6. The smallest absolute Gasteiger partial charge is 0.408 e. The molecular weight excluding hydrogens is 514 g/mol. The van der Waals surface area contributed by atoms with Gasteiger partial charge in [0, 0.05) is 6.42 Å². The molecule has 3 amide bonds. The van der Waals surface area contributed by atoms with Crippen molar-refractivity contribution >= 4 is 23.9 Å². The van der Waals surface area contributed by atoms with Gasteiger partial charge in [-0.2, -0.15) is 0 Å². The van der Waals surface area contributed by atoms with E-state index in [0.29, 0.717) is 0 Å². The minimum Gasteiger partial charge on any atom is -0.467 e. The number of rotatable bonds is 13. The van der Waals surface area contributed by atoms with Crippen LogP contribution in [0.4, 0.5) is 4.79 Å². The number of esters is 1. The average molecular weight is 556 g/mol. The number of carbonyl (C=O) groups is 4. The van der Waals surface area contributed by atoms with E-state index in [9.17, 15) is 19.2 Å². The molecule has 0 heterocycles. The van der Waals surface area contributed by atoms with Crippen molar-refractivity contribution < 1.29 is 33.4 Å². The van der Waals surface area contributed by atoms with Crippen LogP contribution in [0.1, 0.15) is 45.7 Å². The van der Waals surface area contributed by atoms with Gasteiger partial charge in [-0.1, -0.05) is 74.5 Å². The fraction of sp³-hybridized carbons (Fsp3) is 0.467. The van der Waals surface area contributed by atoms with Crippen molar-refractivity contribution in [3.05, 3.63) is 71.8 Å². The summed E-state index contributed by atoms with van der Waals surface area (Å²) in [7, 11) is 1.25. The number of hydrogen-bond donors (Lipinski definition) is 3. The molecule has 0 aromatic heterocycles. The highest BCUT2D eigenvalue weighted by Gasteiger charge is 2.32. The molecule has 0 aliphatic carbocycles. The molecule has 0 spiro atoms. The fourth-order valence-electron chi connectivity index (χ4n) is 3.74. The van der Waals surface area contributed by atoms with Gasteiger partial charge in [0.15, 0.2) is 0 Å². The highest BCUT2D eigenvalue weighted by molar-refractivity contribution is 5.93. The first-order chi connectivity index (χ1) is 18.9. The van der Waals surface area contributed by atoms with Crippen LogP contribution >= 0.6 is 0 Å². The molecule has 2 rings (SSSR count). The lowest BCUT2D eigenvalue weighted by Gasteiger charge is -2.27. The molecule has 40 heavy (non-hydrogen) atoms. The third kappa shape index (κ3) is 11.4. The fourth-order valence-corrected chi connectivity index (χ4v) is 3.74. The second-order valence-corrected chi connectivity index (χ2v) is 10.7. The van der Waals surface area contributed by atoms with E-state index in [1.165, 1.54) is 7.11 Å². The summed E-state index contributed by atoms with van der Waals surface area (Å²) < 4.78 is 15.9. The number of nitrogens with one attached hydrogen (secondary N) is 3. The van der Waals surface area contributed by atoms with Crippen molar-refractivity contribution in [1.29, 1.82) is 0 Å². The Hall–Kier alpha value is -3.92. The van der Waals surface area contributed by atoms with E-state index in [1.807, 2.05) is 60.7 Å². The van der Waals surface area contributed by atoms with Crippen molar-refractivity contribution in [3.63, 3.8) is 0 Å². The first-order valence-corrected chi connectivity index (χ1v) is 13.2. The molecule has 0 saturated carbocycles. The zero-order chi connectivity index (χ0) is 29.7. The highest BCUT2D eigenvalue weighted by Crippen LogP contribution is 2.10. The van der Waals surface area contributed by atoms with Gasteiger partial charge >= 0.3 is 12.1 Å². The first kappa shape index (κ1) is 32.3. The first-order valence-electron chi connectivity index (χ1n) is 13.2. The van der Waals surface area contributed by atoms with Crippen LogP contribution in [-0.2, 0) is 41.6 Å². The quantitative estimate of drug-likeness (QED) is 0.324. The van der Waals surface area contributed by atoms with Gasteiger partial charge in [0.05, 0.1) is 20.3 Å². The van der Waals surface area contributed by atoms with E-state index in [4.69, 9.17) is 14.2 Å². The lowest BCUT2D eigenvalue weighted by atomic mass is 10.0. The van der Waals surface area contributed by atoms with Gasteiger partial charge in [0.1, 0.15) is 23.7 Å². The van der Waals surface area contributed by atoms with Gasteiger partial charge in [-0.3, -0.25) is 9.59 Å². The highest BCUT2D eigenvalue weighted by atomic mass is 16.6. The molecule has 10 heteroatoms. The summed E-state index contributed by atoms with van der Waals surface area (Å²) in [6.45, 7) is 8.70. The molecule has 0 saturated heterocycles. The summed E-state index contributed by atoms with van der Waals surface area (Å²) in [5, 5.41) is 7.95. The van der Waals surface area contributed by atoms with Crippen molar-refractivity contribution in [2.75, 3.05) is 13.7 Å². The molecule has 0 aliphatic heterocycles. The Balaban J connectivity index is 2.14. The molecule has 0 aliphatic rings.